The Morgan fingerprint density at radius 1 is 1.62 bits per heavy atom. The van der Waals surface area contributed by atoms with Gasteiger partial charge in [-0.2, -0.15) is 0 Å². The van der Waals surface area contributed by atoms with E-state index in [2.05, 4.69) is 5.32 Å². The fraction of sp³-hybridized carbons (Fsp3) is 0.364. The van der Waals surface area contributed by atoms with Crippen LogP contribution in [0, 0.1) is 5.82 Å². The number of methoxy groups -OCH3 is 1. The monoisotopic (exact) mass is 226 g/mol. The van der Waals surface area contributed by atoms with Gasteiger partial charge in [-0.15, -0.1) is 0 Å². The molecule has 0 aliphatic carbocycles. The minimum absolute atomic E-state index is 0.186. The predicted octanol–water partition coefficient (Wildman–Crippen LogP) is 0.798. The number of hydrogen-bond acceptors (Lipinski definition) is 3. The molecule has 0 bridgehead atoms. The van der Waals surface area contributed by atoms with Crippen LogP contribution in [0.2, 0.25) is 0 Å². The van der Waals surface area contributed by atoms with Gasteiger partial charge in [0, 0.05) is 12.1 Å². The van der Waals surface area contributed by atoms with E-state index < -0.39 is 17.8 Å². The molecule has 0 radical (unpaired) electrons. The lowest BCUT2D eigenvalue weighted by atomic mass is 10.2. The molecule has 0 aromatic heterocycles. The zero-order valence-electron chi connectivity index (χ0n) is 9.29. The number of carbonyl (C=O) groups excluding carboxylic acids is 1. The molecule has 88 valence electrons. The molecular weight excluding hydrogens is 211 g/mol. The van der Waals surface area contributed by atoms with Gasteiger partial charge in [-0.05, 0) is 13.0 Å². The van der Waals surface area contributed by atoms with Crippen LogP contribution in [-0.4, -0.2) is 19.1 Å². The van der Waals surface area contributed by atoms with Crippen LogP contribution in [-0.2, 0) is 11.3 Å². The van der Waals surface area contributed by atoms with E-state index >= 15 is 0 Å². The van der Waals surface area contributed by atoms with Gasteiger partial charge in [0.05, 0.1) is 13.2 Å². The third-order valence-corrected chi connectivity index (χ3v) is 2.29. The summed E-state index contributed by atoms with van der Waals surface area (Å²) >= 11 is 0. The van der Waals surface area contributed by atoms with Crippen molar-refractivity contribution in [3.8, 4) is 5.75 Å². The van der Waals surface area contributed by atoms with E-state index in [0.717, 1.165) is 0 Å². The molecule has 1 rings (SSSR count). The molecule has 1 amide bonds. The van der Waals surface area contributed by atoms with Crippen LogP contribution in [0.5, 0.6) is 5.75 Å². The molecular formula is C11H15FN2O2. The molecule has 1 aromatic carbocycles. The number of nitrogens with two attached hydrogens (primary N) is 1. The summed E-state index contributed by atoms with van der Waals surface area (Å²) in [5, 5.41) is 2.82. The maximum atomic E-state index is 13.6. The number of ether oxygens (including phenoxy) is 1. The molecule has 0 aliphatic rings. The highest BCUT2D eigenvalue weighted by Gasteiger charge is 2.11. The quantitative estimate of drug-likeness (QED) is 0.780. The first-order chi connectivity index (χ1) is 7.56. The largest absolute Gasteiger partial charge is 0.494 e. The molecule has 1 atom stereocenters. The summed E-state index contributed by atoms with van der Waals surface area (Å²) in [4.78, 5) is 10.8. The fourth-order valence-electron chi connectivity index (χ4n) is 1.21. The number of amides is 1. The van der Waals surface area contributed by atoms with Crippen LogP contribution in [0.15, 0.2) is 18.2 Å². The maximum Gasteiger partial charge on any atom is 0.234 e. The van der Waals surface area contributed by atoms with Crippen LogP contribution >= 0.6 is 0 Å². The van der Waals surface area contributed by atoms with E-state index in [-0.39, 0.29) is 12.3 Å². The number of primary amides is 1. The van der Waals surface area contributed by atoms with Gasteiger partial charge >= 0.3 is 0 Å². The van der Waals surface area contributed by atoms with Crippen LogP contribution < -0.4 is 15.8 Å². The zero-order valence-corrected chi connectivity index (χ0v) is 9.29. The molecule has 1 unspecified atom stereocenters. The number of carbonyl (C=O) groups is 1. The Kier molecular flexibility index (Phi) is 4.25. The number of hydrogen-bond donors (Lipinski definition) is 2. The predicted molar refractivity (Wildman–Crippen MR) is 58.4 cm³/mol. The van der Waals surface area contributed by atoms with Crippen LogP contribution in [0.25, 0.3) is 0 Å². The fourth-order valence-corrected chi connectivity index (χ4v) is 1.21. The Morgan fingerprint density at radius 3 is 2.88 bits per heavy atom. The molecule has 1 aromatic rings. The molecule has 0 fully saturated rings. The summed E-state index contributed by atoms with van der Waals surface area (Å²) in [6.45, 7) is 1.85. The highest BCUT2D eigenvalue weighted by molar-refractivity contribution is 5.79. The maximum absolute atomic E-state index is 13.6. The van der Waals surface area contributed by atoms with Crippen molar-refractivity contribution >= 4 is 5.91 Å². The Labute approximate surface area is 93.6 Å². The van der Waals surface area contributed by atoms with Gasteiger partial charge in [0.15, 0.2) is 11.6 Å². The van der Waals surface area contributed by atoms with Crippen molar-refractivity contribution in [2.75, 3.05) is 7.11 Å². The van der Waals surface area contributed by atoms with Crippen LogP contribution in [0.4, 0.5) is 4.39 Å². The normalized spacial score (nSPS) is 12.2. The lowest BCUT2D eigenvalue weighted by Gasteiger charge is -2.11. The molecule has 16 heavy (non-hydrogen) atoms. The lowest BCUT2D eigenvalue weighted by Crippen LogP contribution is -2.38. The van der Waals surface area contributed by atoms with Gasteiger partial charge in [0.2, 0.25) is 5.91 Å². The van der Waals surface area contributed by atoms with Crippen molar-refractivity contribution < 1.29 is 13.9 Å². The third kappa shape index (κ3) is 2.93. The van der Waals surface area contributed by atoms with E-state index in [0.29, 0.717) is 5.56 Å². The van der Waals surface area contributed by atoms with Crippen LogP contribution in [0.3, 0.4) is 0 Å². The second-order valence-electron chi connectivity index (χ2n) is 3.44. The molecule has 4 nitrogen and oxygen atoms in total. The topological polar surface area (TPSA) is 64.3 Å². The smallest absolute Gasteiger partial charge is 0.234 e. The van der Waals surface area contributed by atoms with Crippen molar-refractivity contribution in [3.05, 3.63) is 29.6 Å². The first kappa shape index (κ1) is 12.4. The minimum atomic E-state index is -0.495. The summed E-state index contributed by atoms with van der Waals surface area (Å²) in [6, 6.07) is 4.36. The van der Waals surface area contributed by atoms with Gasteiger partial charge in [0.1, 0.15) is 0 Å². The Bertz CT molecular complexity index is 382. The number of benzene rings is 1. The van der Waals surface area contributed by atoms with Crippen LogP contribution in [0.1, 0.15) is 12.5 Å². The first-order valence-corrected chi connectivity index (χ1v) is 4.90. The van der Waals surface area contributed by atoms with Crippen molar-refractivity contribution in [3.63, 3.8) is 0 Å². The molecule has 0 spiro atoms. The van der Waals surface area contributed by atoms with Gasteiger partial charge in [-0.3, -0.25) is 4.79 Å². The molecule has 0 saturated heterocycles. The first-order valence-electron chi connectivity index (χ1n) is 4.90. The second-order valence-corrected chi connectivity index (χ2v) is 3.44. The Morgan fingerprint density at radius 2 is 2.31 bits per heavy atom. The molecule has 3 N–H and O–H groups in total. The second kappa shape index (κ2) is 5.46. The average Bonchev–Trinajstić information content (AvgIpc) is 2.27. The van der Waals surface area contributed by atoms with Crippen molar-refractivity contribution in [1.82, 2.24) is 5.32 Å². The summed E-state index contributed by atoms with van der Waals surface area (Å²) in [5.41, 5.74) is 5.51. The third-order valence-electron chi connectivity index (χ3n) is 2.29. The highest BCUT2D eigenvalue weighted by atomic mass is 19.1. The summed E-state index contributed by atoms with van der Waals surface area (Å²) in [5.74, 6) is -0.705. The summed E-state index contributed by atoms with van der Waals surface area (Å²) < 4.78 is 18.5. The number of nitrogens with one attached hydrogen (secondary N) is 1. The minimum Gasteiger partial charge on any atom is -0.494 e. The van der Waals surface area contributed by atoms with E-state index in [1.54, 1.807) is 19.1 Å². The highest BCUT2D eigenvalue weighted by Crippen LogP contribution is 2.19. The standard InChI is InChI=1S/C11H15FN2O2/c1-7(11(13)15)14-6-8-4-3-5-9(16-2)10(8)12/h3-5,7,14H,6H2,1-2H3,(H2,13,15). The van der Waals surface area contributed by atoms with Gasteiger partial charge < -0.3 is 15.8 Å². The molecule has 0 heterocycles. The van der Waals surface area contributed by atoms with E-state index in [1.165, 1.54) is 13.2 Å². The van der Waals surface area contributed by atoms with Crippen molar-refractivity contribution in [2.24, 2.45) is 5.73 Å². The van der Waals surface area contributed by atoms with Gasteiger partial charge in [0.25, 0.3) is 0 Å². The van der Waals surface area contributed by atoms with Gasteiger partial charge in [-0.25, -0.2) is 4.39 Å². The SMILES string of the molecule is COc1cccc(CNC(C)C(N)=O)c1F. The molecule has 5 heteroatoms. The van der Waals surface area contributed by atoms with Gasteiger partial charge in [-0.1, -0.05) is 12.1 Å². The Hall–Kier alpha value is -1.62. The average molecular weight is 226 g/mol. The molecule has 0 aliphatic heterocycles. The lowest BCUT2D eigenvalue weighted by molar-refractivity contribution is -0.119. The van der Waals surface area contributed by atoms with Crippen molar-refractivity contribution in [2.45, 2.75) is 19.5 Å². The summed E-state index contributed by atoms with van der Waals surface area (Å²) in [7, 11) is 1.40. The van der Waals surface area contributed by atoms with Crippen molar-refractivity contribution in [1.29, 1.82) is 0 Å². The number of rotatable bonds is 5. The Balaban J connectivity index is 2.71. The number of halogens is 1. The summed E-state index contributed by atoms with van der Waals surface area (Å²) in [6.07, 6.45) is 0. The zero-order chi connectivity index (χ0) is 12.1. The van der Waals surface area contributed by atoms with E-state index in [4.69, 9.17) is 10.5 Å². The molecule has 0 saturated carbocycles. The van der Waals surface area contributed by atoms with E-state index in [1.807, 2.05) is 0 Å². The van der Waals surface area contributed by atoms with E-state index in [9.17, 15) is 9.18 Å².